The Morgan fingerprint density at radius 3 is 1.24 bits per heavy atom. The van der Waals surface area contributed by atoms with Gasteiger partial charge in [0.25, 0.3) is 0 Å². The summed E-state index contributed by atoms with van der Waals surface area (Å²) in [5.41, 5.74) is 0. The normalized spacial score (nSPS) is 14.1. The van der Waals surface area contributed by atoms with Crippen LogP contribution in [-0.2, 0) is 33.6 Å². The second kappa shape index (κ2) is 17.8. The summed E-state index contributed by atoms with van der Waals surface area (Å²) >= 11 is 1.61. The number of carbonyl (C=O) groups is 7. The summed E-state index contributed by atoms with van der Waals surface area (Å²) in [5.74, 6) is -4.13. The molecule has 0 spiro atoms. The van der Waals surface area contributed by atoms with Gasteiger partial charge in [-0.3, -0.25) is 28.8 Å². The third kappa shape index (κ3) is 15.6. The van der Waals surface area contributed by atoms with E-state index >= 15 is 0 Å². The highest BCUT2D eigenvalue weighted by Gasteiger charge is 2.32. The molecule has 0 aliphatic carbocycles. The topological polar surface area (TPSA) is 188 Å². The summed E-state index contributed by atoms with van der Waals surface area (Å²) < 4.78 is 0. The molecule has 5 N–H and O–H groups in total. The van der Waals surface area contributed by atoms with Crippen LogP contribution >= 0.6 is 23.5 Å². The minimum atomic E-state index is -1.34. The third-order valence-corrected chi connectivity index (χ3v) is 6.71. The van der Waals surface area contributed by atoms with Crippen molar-refractivity contribution in [3.63, 3.8) is 0 Å². The van der Waals surface area contributed by atoms with Crippen LogP contribution in [0.5, 0.6) is 0 Å². The van der Waals surface area contributed by atoms with E-state index in [1.165, 1.54) is 20.8 Å². The Hall–Kier alpha value is -2.61. The molecule has 14 heteroatoms. The SMILES string of the molecule is CC(=O)N[C@@H](CSC(C)=O)C(=O)N[C@H](CC(C)C)C(=O)N[C@@H](CC(C)C)C(=O)N[C@@H](CSC(C)=O)C(=O)O. The number of amides is 4. The lowest BCUT2D eigenvalue weighted by Gasteiger charge is -2.27. The lowest BCUT2D eigenvalue weighted by atomic mass is 9.99. The number of hydrogen-bond donors (Lipinski definition) is 5. The molecule has 0 saturated heterocycles. The molecule has 0 unspecified atom stereocenters. The number of carboxylic acids is 1. The fourth-order valence-electron chi connectivity index (χ4n) is 3.23. The van der Waals surface area contributed by atoms with Crippen LogP contribution in [0.15, 0.2) is 0 Å². The Kier molecular flexibility index (Phi) is 16.6. The summed E-state index contributed by atoms with van der Waals surface area (Å²) in [6.07, 6.45) is 0.406. The van der Waals surface area contributed by atoms with Gasteiger partial charge in [0.05, 0.1) is 0 Å². The molecule has 0 rings (SSSR count). The molecule has 4 amide bonds. The van der Waals surface area contributed by atoms with Crippen LogP contribution in [0.3, 0.4) is 0 Å². The monoisotopic (exact) mass is 576 g/mol. The summed E-state index contributed by atoms with van der Waals surface area (Å²) in [7, 11) is 0. The number of carboxylic acid groups (broad SMARTS) is 1. The standard InChI is InChI=1S/C24H40N4O8S2/c1-12(2)8-17(27-23(34)19(25-14(5)29)10-37-15(6)30)21(32)26-18(9-13(3)4)22(33)28-20(24(35)36)11-38-16(7)31/h12-13,17-20H,8-11H2,1-7H3,(H,25,29)(H,26,32)(H,27,34)(H,28,33)(H,35,36)/t17-,18+,19+,20+/m1/s1. The summed E-state index contributed by atoms with van der Waals surface area (Å²) in [6.45, 7) is 11.2. The molecule has 0 aromatic heterocycles. The van der Waals surface area contributed by atoms with Crippen molar-refractivity contribution in [2.24, 2.45) is 11.8 Å². The van der Waals surface area contributed by atoms with E-state index in [4.69, 9.17) is 0 Å². The van der Waals surface area contributed by atoms with E-state index in [1.54, 1.807) is 0 Å². The van der Waals surface area contributed by atoms with Crippen LogP contribution in [0.2, 0.25) is 0 Å². The van der Waals surface area contributed by atoms with Gasteiger partial charge < -0.3 is 26.4 Å². The fraction of sp³-hybridized carbons (Fsp3) is 0.708. The van der Waals surface area contributed by atoms with Gasteiger partial charge in [-0.25, -0.2) is 4.79 Å². The molecule has 12 nitrogen and oxygen atoms in total. The molecule has 0 saturated carbocycles. The number of carbonyl (C=O) groups excluding carboxylic acids is 6. The second-order valence-electron chi connectivity index (χ2n) is 9.64. The molecule has 4 atom stereocenters. The first-order chi connectivity index (χ1) is 17.5. The first-order valence-corrected chi connectivity index (χ1v) is 14.2. The van der Waals surface area contributed by atoms with Gasteiger partial charge in [0, 0.05) is 32.3 Å². The van der Waals surface area contributed by atoms with Gasteiger partial charge in [-0.2, -0.15) is 0 Å². The van der Waals surface area contributed by atoms with Crippen LogP contribution in [-0.4, -0.2) is 80.6 Å². The van der Waals surface area contributed by atoms with Crippen LogP contribution in [0.25, 0.3) is 0 Å². The number of aliphatic carboxylic acids is 1. The molecule has 0 aromatic carbocycles. The van der Waals surface area contributed by atoms with Gasteiger partial charge in [0.2, 0.25) is 23.6 Å². The maximum atomic E-state index is 13.2. The van der Waals surface area contributed by atoms with E-state index < -0.39 is 53.8 Å². The zero-order valence-corrected chi connectivity index (χ0v) is 24.5. The van der Waals surface area contributed by atoms with Crippen LogP contribution < -0.4 is 21.3 Å². The molecular weight excluding hydrogens is 536 g/mol. The van der Waals surface area contributed by atoms with E-state index in [1.807, 2.05) is 27.7 Å². The Morgan fingerprint density at radius 1 is 0.579 bits per heavy atom. The molecule has 0 aliphatic rings. The summed E-state index contributed by atoms with van der Waals surface area (Å²) in [4.78, 5) is 84.9. The minimum absolute atomic E-state index is 0.0238. The van der Waals surface area contributed by atoms with Gasteiger partial charge in [-0.05, 0) is 24.7 Å². The van der Waals surface area contributed by atoms with E-state index in [2.05, 4.69) is 21.3 Å². The van der Waals surface area contributed by atoms with Crippen molar-refractivity contribution in [1.82, 2.24) is 21.3 Å². The molecule has 0 radical (unpaired) electrons. The highest BCUT2D eigenvalue weighted by molar-refractivity contribution is 8.13. The van der Waals surface area contributed by atoms with Crippen molar-refractivity contribution in [2.45, 2.75) is 85.5 Å². The molecule has 0 fully saturated rings. The van der Waals surface area contributed by atoms with E-state index in [-0.39, 0.29) is 46.4 Å². The predicted molar refractivity (Wildman–Crippen MR) is 146 cm³/mol. The number of thioether (sulfide) groups is 2. The Bertz CT molecular complexity index is 881. The quantitative estimate of drug-likeness (QED) is 0.175. The van der Waals surface area contributed by atoms with Crippen molar-refractivity contribution < 1.29 is 38.7 Å². The van der Waals surface area contributed by atoms with E-state index in [0.29, 0.717) is 0 Å². The van der Waals surface area contributed by atoms with Crippen molar-refractivity contribution in [3.8, 4) is 0 Å². The average molecular weight is 577 g/mol. The van der Waals surface area contributed by atoms with E-state index in [0.717, 1.165) is 23.5 Å². The van der Waals surface area contributed by atoms with E-state index in [9.17, 15) is 38.7 Å². The smallest absolute Gasteiger partial charge is 0.327 e. The van der Waals surface area contributed by atoms with Gasteiger partial charge in [-0.1, -0.05) is 51.2 Å². The molecule has 0 heterocycles. The number of rotatable bonds is 16. The highest BCUT2D eigenvalue weighted by atomic mass is 32.2. The molecular formula is C24H40N4O8S2. The molecule has 0 aliphatic heterocycles. The second-order valence-corrected chi connectivity index (χ2v) is 12.0. The average Bonchev–Trinajstić information content (AvgIpc) is 2.76. The first-order valence-electron chi connectivity index (χ1n) is 12.2. The predicted octanol–water partition coefficient (Wildman–Crippen LogP) is 0.682. The van der Waals surface area contributed by atoms with Crippen molar-refractivity contribution in [3.05, 3.63) is 0 Å². The molecule has 0 aromatic rings. The Balaban J connectivity index is 5.73. The third-order valence-electron chi connectivity index (χ3n) is 4.90. The highest BCUT2D eigenvalue weighted by Crippen LogP contribution is 2.11. The largest absolute Gasteiger partial charge is 0.480 e. The van der Waals surface area contributed by atoms with Crippen molar-refractivity contribution >= 4 is 63.4 Å². The summed E-state index contributed by atoms with van der Waals surface area (Å²) in [6, 6.07) is -4.57. The van der Waals surface area contributed by atoms with Crippen molar-refractivity contribution in [1.29, 1.82) is 0 Å². The molecule has 216 valence electrons. The lowest BCUT2D eigenvalue weighted by Crippen LogP contribution is -2.58. The zero-order valence-electron chi connectivity index (χ0n) is 22.9. The maximum Gasteiger partial charge on any atom is 0.327 e. The van der Waals surface area contributed by atoms with Gasteiger partial charge in [-0.15, -0.1) is 0 Å². The van der Waals surface area contributed by atoms with Crippen LogP contribution in [0.1, 0.15) is 61.3 Å². The van der Waals surface area contributed by atoms with Gasteiger partial charge in [0.1, 0.15) is 24.2 Å². The number of nitrogens with one attached hydrogen (secondary N) is 4. The summed E-state index contributed by atoms with van der Waals surface area (Å²) in [5, 5.41) is 19.0. The molecule has 38 heavy (non-hydrogen) atoms. The zero-order chi connectivity index (χ0) is 29.6. The first kappa shape index (κ1) is 35.4. The fourth-order valence-corrected chi connectivity index (χ4v) is 4.49. The van der Waals surface area contributed by atoms with Crippen LogP contribution in [0.4, 0.5) is 0 Å². The van der Waals surface area contributed by atoms with Crippen LogP contribution in [0, 0.1) is 11.8 Å². The lowest BCUT2D eigenvalue weighted by molar-refractivity contribution is -0.141. The van der Waals surface area contributed by atoms with Crippen molar-refractivity contribution in [2.75, 3.05) is 11.5 Å². The number of hydrogen-bond acceptors (Lipinski definition) is 9. The Labute approximate surface area is 232 Å². The minimum Gasteiger partial charge on any atom is -0.480 e. The Morgan fingerprint density at radius 2 is 0.921 bits per heavy atom. The molecule has 0 bridgehead atoms. The maximum absolute atomic E-state index is 13.2. The van der Waals surface area contributed by atoms with Gasteiger partial charge >= 0.3 is 5.97 Å². The van der Waals surface area contributed by atoms with Gasteiger partial charge in [0.15, 0.2) is 10.2 Å².